The lowest BCUT2D eigenvalue weighted by Gasteiger charge is -2.09. The number of carbonyl (C=O) groups is 1. The topological polar surface area (TPSA) is 50.4 Å². The van der Waals surface area contributed by atoms with E-state index in [0.717, 1.165) is 17.9 Å². The molecule has 0 aromatic heterocycles. The van der Waals surface area contributed by atoms with Crippen LogP contribution in [0.15, 0.2) is 48.5 Å². The van der Waals surface area contributed by atoms with E-state index < -0.39 is 6.09 Å². The number of anilines is 2. The average molecular weight is 284 g/mol. The molecule has 1 amide bonds. The molecule has 2 aromatic carbocycles. The summed E-state index contributed by atoms with van der Waals surface area (Å²) in [4.78, 5) is 11.3. The zero-order chi connectivity index (χ0) is 15.1. The zero-order valence-corrected chi connectivity index (χ0v) is 12.3. The highest BCUT2D eigenvalue weighted by Gasteiger charge is 2.01. The molecule has 0 aliphatic rings. The maximum Gasteiger partial charge on any atom is 0.411 e. The van der Waals surface area contributed by atoms with Crippen LogP contribution in [0.25, 0.3) is 0 Å². The predicted octanol–water partition coefficient (Wildman–Crippen LogP) is 4.18. The minimum Gasteiger partial charge on any atom is -0.450 e. The third kappa shape index (κ3) is 4.84. The molecular formula is C17H20N2O2. The second-order valence-electron chi connectivity index (χ2n) is 4.77. The van der Waals surface area contributed by atoms with Crippen molar-refractivity contribution in [2.24, 2.45) is 0 Å². The number of aryl methyl sites for hydroxylation is 1. The van der Waals surface area contributed by atoms with Crippen LogP contribution in [0.5, 0.6) is 0 Å². The molecule has 4 nitrogen and oxygen atoms in total. The van der Waals surface area contributed by atoms with Gasteiger partial charge in [0.1, 0.15) is 0 Å². The van der Waals surface area contributed by atoms with Gasteiger partial charge in [-0.3, -0.25) is 5.32 Å². The van der Waals surface area contributed by atoms with Crippen molar-refractivity contribution < 1.29 is 9.53 Å². The van der Waals surface area contributed by atoms with Crippen LogP contribution in [0.3, 0.4) is 0 Å². The highest BCUT2D eigenvalue weighted by Crippen LogP contribution is 2.15. The van der Waals surface area contributed by atoms with E-state index in [9.17, 15) is 4.79 Å². The molecule has 0 spiro atoms. The van der Waals surface area contributed by atoms with Gasteiger partial charge in [0.05, 0.1) is 6.61 Å². The smallest absolute Gasteiger partial charge is 0.411 e. The normalized spacial score (nSPS) is 10.0. The second-order valence-corrected chi connectivity index (χ2v) is 4.77. The number of ether oxygens (including phenoxy) is 1. The molecule has 0 saturated heterocycles. The first-order chi connectivity index (χ1) is 10.2. The standard InChI is InChI=1S/C17H20N2O2/c1-3-21-17(20)19-16-9-7-15(8-10-16)18-12-14-6-4-5-13(2)11-14/h4-11,18H,3,12H2,1-2H3,(H,19,20). The van der Waals surface area contributed by atoms with Crippen molar-refractivity contribution in [1.82, 2.24) is 0 Å². The average Bonchev–Trinajstić information content (AvgIpc) is 2.47. The van der Waals surface area contributed by atoms with Crippen molar-refractivity contribution in [3.8, 4) is 0 Å². The first kappa shape index (κ1) is 14.9. The van der Waals surface area contributed by atoms with Crippen molar-refractivity contribution >= 4 is 17.5 Å². The van der Waals surface area contributed by atoms with Gasteiger partial charge in [0.25, 0.3) is 0 Å². The lowest BCUT2D eigenvalue weighted by atomic mass is 10.1. The summed E-state index contributed by atoms with van der Waals surface area (Å²) in [6.07, 6.45) is -0.432. The Morgan fingerprint density at radius 1 is 1.10 bits per heavy atom. The minimum absolute atomic E-state index is 0.363. The molecule has 0 atom stereocenters. The molecule has 0 saturated carbocycles. The molecule has 0 unspecified atom stereocenters. The maximum atomic E-state index is 11.3. The molecule has 0 radical (unpaired) electrons. The Hall–Kier alpha value is -2.49. The van der Waals surface area contributed by atoms with Crippen molar-refractivity contribution in [3.05, 3.63) is 59.7 Å². The fourth-order valence-corrected chi connectivity index (χ4v) is 1.98. The summed E-state index contributed by atoms with van der Waals surface area (Å²) in [7, 11) is 0. The van der Waals surface area contributed by atoms with Crippen molar-refractivity contribution in [2.45, 2.75) is 20.4 Å². The molecule has 0 aliphatic heterocycles. The molecule has 4 heteroatoms. The van der Waals surface area contributed by atoms with Gasteiger partial charge >= 0.3 is 6.09 Å². The first-order valence-corrected chi connectivity index (χ1v) is 7.00. The van der Waals surface area contributed by atoms with Crippen molar-refractivity contribution in [3.63, 3.8) is 0 Å². The minimum atomic E-state index is -0.432. The van der Waals surface area contributed by atoms with E-state index in [1.54, 1.807) is 6.92 Å². The second kappa shape index (κ2) is 7.33. The Morgan fingerprint density at radius 3 is 2.48 bits per heavy atom. The zero-order valence-electron chi connectivity index (χ0n) is 12.3. The largest absolute Gasteiger partial charge is 0.450 e. The van der Waals surface area contributed by atoms with Crippen LogP contribution >= 0.6 is 0 Å². The number of carbonyl (C=O) groups excluding carboxylic acids is 1. The highest BCUT2D eigenvalue weighted by atomic mass is 16.5. The summed E-state index contributed by atoms with van der Waals surface area (Å²) in [6.45, 7) is 4.99. The molecule has 0 bridgehead atoms. The molecule has 21 heavy (non-hydrogen) atoms. The van der Waals surface area contributed by atoms with Crippen LogP contribution in [0.1, 0.15) is 18.1 Å². The third-order valence-electron chi connectivity index (χ3n) is 2.99. The fourth-order valence-electron chi connectivity index (χ4n) is 1.98. The molecule has 0 heterocycles. The Balaban J connectivity index is 1.89. The quantitative estimate of drug-likeness (QED) is 0.866. The Kier molecular flexibility index (Phi) is 5.21. The number of hydrogen-bond acceptors (Lipinski definition) is 3. The van der Waals surface area contributed by atoms with Crippen molar-refractivity contribution in [1.29, 1.82) is 0 Å². The Bertz CT molecular complexity index is 594. The summed E-state index contributed by atoms with van der Waals surface area (Å²) in [6, 6.07) is 15.9. The highest BCUT2D eigenvalue weighted by molar-refractivity contribution is 5.84. The van der Waals surface area contributed by atoms with E-state index >= 15 is 0 Å². The van der Waals surface area contributed by atoms with Gasteiger partial charge in [-0.2, -0.15) is 0 Å². The summed E-state index contributed by atoms with van der Waals surface area (Å²) >= 11 is 0. The summed E-state index contributed by atoms with van der Waals surface area (Å²) < 4.78 is 4.83. The van der Waals surface area contributed by atoms with E-state index in [-0.39, 0.29) is 0 Å². The Labute approximate surface area is 125 Å². The molecule has 2 aromatic rings. The van der Waals surface area contributed by atoms with E-state index in [1.165, 1.54) is 11.1 Å². The van der Waals surface area contributed by atoms with E-state index in [2.05, 4.69) is 41.8 Å². The van der Waals surface area contributed by atoms with E-state index in [1.807, 2.05) is 24.3 Å². The third-order valence-corrected chi connectivity index (χ3v) is 2.99. The lowest BCUT2D eigenvalue weighted by Crippen LogP contribution is -2.13. The number of benzene rings is 2. The Morgan fingerprint density at radius 2 is 1.81 bits per heavy atom. The van der Waals surface area contributed by atoms with Gasteiger partial charge in [0.15, 0.2) is 0 Å². The molecular weight excluding hydrogens is 264 g/mol. The molecule has 0 fully saturated rings. The van der Waals surface area contributed by atoms with E-state index in [0.29, 0.717) is 6.61 Å². The van der Waals surface area contributed by atoms with Gasteiger partial charge in [-0.25, -0.2) is 4.79 Å². The lowest BCUT2D eigenvalue weighted by molar-refractivity contribution is 0.168. The predicted molar refractivity (Wildman–Crippen MR) is 85.6 cm³/mol. The summed E-state index contributed by atoms with van der Waals surface area (Å²) in [5.41, 5.74) is 4.22. The van der Waals surface area contributed by atoms with Gasteiger partial charge in [-0.15, -0.1) is 0 Å². The monoisotopic (exact) mass is 284 g/mol. The van der Waals surface area contributed by atoms with Gasteiger partial charge in [-0.1, -0.05) is 29.8 Å². The first-order valence-electron chi connectivity index (χ1n) is 7.00. The fraction of sp³-hybridized carbons (Fsp3) is 0.235. The van der Waals surface area contributed by atoms with Gasteiger partial charge in [0.2, 0.25) is 0 Å². The SMILES string of the molecule is CCOC(=O)Nc1ccc(NCc2cccc(C)c2)cc1. The van der Waals surface area contributed by atoms with Crippen LogP contribution in [0.2, 0.25) is 0 Å². The van der Waals surface area contributed by atoms with Crippen LogP contribution < -0.4 is 10.6 Å². The molecule has 0 aliphatic carbocycles. The molecule has 110 valence electrons. The number of rotatable bonds is 5. The van der Waals surface area contributed by atoms with Crippen LogP contribution in [0, 0.1) is 6.92 Å². The van der Waals surface area contributed by atoms with E-state index in [4.69, 9.17) is 4.74 Å². The number of amides is 1. The van der Waals surface area contributed by atoms with Crippen LogP contribution in [-0.4, -0.2) is 12.7 Å². The summed E-state index contributed by atoms with van der Waals surface area (Å²) in [5.74, 6) is 0. The van der Waals surface area contributed by atoms with Crippen LogP contribution in [-0.2, 0) is 11.3 Å². The van der Waals surface area contributed by atoms with Crippen molar-refractivity contribution in [2.75, 3.05) is 17.2 Å². The van der Waals surface area contributed by atoms with Gasteiger partial charge in [0, 0.05) is 17.9 Å². The summed E-state index contributed by atoms with van der Waals surface area (Å²) in [5, 5.41) is 6.01. The number of hydrogen-bond donors (Lipinski definition) is 2. The molecule has 2 rings (SSSR count). The number of nitrogens with one attached hydrogen (secondary N) is 2. The van der Waals surface area contributed by atoms with Crippen LogP contribution in [0.4, 0.5) is 16.2 Å². The van der Waals surface area contributed by atoms with Gasteiger partial charge < -0.3 is 10.1 Å². The maximum absolute atomic E-state index is 11.3. The molecule has 2 N–H and O–H groups in total. The van der Waals surface area contributed by atoms with Gasteiger partial charge in [-0.05, 0) is 43.7 Å².